The number of fused-ring (bicyclic) bond motifs is 1. The molecule has 1 aromatic carbocycles. The standard InChI is InChI=1S/C18H21N6O8P/c1-20-10-5-3-2-4-9(10)14(25)18(27)6-12(32-11(18)7-31-33(28,29)30)24-8-21-13-15(24)22-17(19)23-16(13)26/h2-5,8,11-12,20,27H,6-7H2,1H3,(H2,28,29,30)(H3,19,22,23,26)/t11-,12-,18+/m1/s1. The second kappa shape index (κ2) is 8.33. The molecular formula is C18H21N6O8P. The number of Topliss-reactive ketones (excluding diaryl/α,β-unsaturated/α-hetero) is 1. The molecule has 1 saturated heterocycles. The summed E-state index contributed by atoms with van der Waals surface area (Å²) in [6.45, 7) is -0.784. The van der Waals surface area contributed by atoms with Gasteiger partial charge in [-0.05, 0) is 12.1 Å². The summed E-state index contributed by atoms with van der Waals surface area (Å²) in [5.41, 5.74) is 3.36. The molecule has 2 aromatic heterocycles. The summed E-state index contributed by atoms with van der Waals surface area (Å²) in [6, 6.07) is 6.43. The molecule has 1 aliphatic rings. The summed E-state index contributed by atoms with van der Waals surface area (Å²) in [7, 11) is -3.33. The van der Waals surface area contributed by atoms with Crippen LogP contribution in [0.5, 0.6) is 0 Å². The normalized spacial score (nSPS) is 23.2. The van der Waals surface area contributed by atoms with Crippen molar-refractivity contribution in [3.8, 4) is 0 Å². The van der Waals surface area contributed by atoms with E-state index in [0.717, 1.165) is 0 Å². The Bertz CT molecular complexity index is 1320. The number of ketones is 1. The molecule has 7 N–H and O–H groups in total. The van der Waals surface area contributed by atoms with Crippen molar-refractivity contribution in [2.45, 2.75) is 24.4 Å². The van der Waals surface area contributed by atoms with Crippen LogP contribution in [-0.2, 0) is 13.8 Å². The number of carbonyl (C=O) groups is 1. The van der Waals surface area contributed by atoms with Gasteiger partial charge < -0.3 is 30.7 Å². The van der Waals surface area contributed by atoms with E-state index in [1.165, 1.54) is 17.0 Å². The molecule has 3 heterocycles. The quantitative estimate of drug-likeness (QED) is 0.191. The number of nitrogen functional groups attached to an aromatic ring is 1. The average molecular weight is 480 g/mol. The molecule has 0 aliphatic carbocycles. The summed E-state index contributed by atoms with van der Waals surface area (Å²) < 4.78 is 22.9. The van der Waals surface area contributed by atoms with Gasteiger partial charge in [0.05, 0.1) is 12.9 Å². The van der Waals surface area contributed by atoms with Crippen LogP contribution in [0.25, 0.3) is 11.2 Å². The Morgan fingerprint density at radius 3 is 2.88 bits per heavy atom. The highest BCUT2D eigenvalue weighted by Crippen LogP contribution is 2.44. The highest BCUT2D eigenvalue weighted by Gasteiger charge is 2.54. The molecule has 33 heavy (non-hydrogen) atoms. The molecule has 176 valence electrons. The van der Waals surface area contributed by atoms with Gasteiger partial charge in [-0.3, -0.25) is 23.7 Å². The second-order valence-electron chi connectivity index (χ2n) is 7.39. The van der Waals surface area contributed by atoms with E-state index in [1.807, 2.05) is 0 Å². The Labute approximate surface area is 185 Å². The van der Waals surface area contributed by atoms with Gasteiger partial charge in [-0.2, -0.15) is 4.98 Å². The largest absolute Gasteiger partial charge is 0.469 e. The van der Waals surface area contributed by atoms with Crippen LogP contribution in [-0.4, -0.2) is 65.6 Å². The molecule has 1 fully saturated rings. The number of phosphoric ester groups is 1. The van der Waals surface area contributed by atoms with E-state index in [4.69, 9.17) is 20.3 Å². The summed E-state index contributed by atoms with van der Waals surface area (Å²) >= 11 is 0. The topological polar surface area (TPSA) is 215 Å². The zero-order valence-corrected chi connectivity index (χ0v) is 18.1. The molecule has 14 nitrogen and oxygen atoms in total. The zero-order chi connectivity index (χ0) is 24.0. The third kappa shape index (κ3) is 4.27. The van der Waals surface area contributed by atoms with Gasteiger partial charge in [0.2, 0.25) is 5.95 Å². The van der Waals surface area contributed by atoms with Gasteiger partial charge in [-0.1, -0.05) is 12.1 Å². The molecule has 0 radical (unpaired) electrons. The number of H-pyrrole nitrogens is 1. The van der Waals surface area contributed by atoms with Gasteiger partial charge in [0.15, 0.2) is 22.5 Å². The van der Waals surface area contributed by atoms with Crippen LogP contribution >= 0.6 is 7.82 Å². The highest BCUT2D eigenvalue weighted by atomic mass is 31.2. The van der Waals surface area contributed by atoms with Gasteiger partial charge in [0.1, 0.15) is 12.3 Å². The molecule has 0 amide bonds. The van der Waals surface area contributed by atoms with E-state index in [2.05, 4.69) is 24.8 Å². The van der Waals surface area contributed by atoms with Crippen LogP contribution in [0, 0.1) is 0 Å². The van der Waals surface area contributed by atoms with Crippen LogP contribution in [0.1, 0.15) is 23.0 Å². The summed E-state index contributed by atoms with van der Waals surface area (Å²) in [6.07, 6.45) is -1.66. The fourth-order valence-electron chi connectivity index (χ4n) is 3.78. The van der Waals surface area contributed by atoms with Crippen molar-refractivity contribution in [3.05, 3.63) is 46.5 Å². The molecule has 0 spiro atoms. The number of aliphatic hydroxyl groups is 1. The average Bonchev–Trinajstić information content (AvgIpc) is 3.32. The number of nitrogens with zero attached hydrogens (tertiary/aromatic N) is 3. The molecule has 0 saturated carbocycles. The van der Waals surface area contributed by atoms with Gasteiger partial charge in [0.25, 0.3) is 5.56 Å². The maximum atomic E-state index is 13.4. The lowest BCUT2D eigenvalue weighted by Gasteiger charge is -2.27. The summed E-state index contributed by atoms with van der Waals surface area (Å²) in [4.78, 5) is 54.1. The van der Waals surface area contributed by atoms with Crippen LogP contribution in [0.2, 0.25) is 0 Å². The smallest absolute Gasteiger partial charge is 0.388 e. The number of para-hydroxylation sites is 1. The highest BCUT2D eigenvalue weighted by molar-refractivity contribution is 7.46. The zero-order valence-electron chi connectivity index (χ0n) is 17.2. The lowest BCUT2D eigenvalue weighted by Crippen LogP contribution is -2.48. The number of benzene rings is 1. The number of ether oxygens (including phenoxy) is 1. The van der Waals surface area contributed by atoms with Crippen LogP contribution in [0.4, 0.5) is 11.6 Å². The van der Waals surface area contributed by atoms with Crippen molar-refractivity contribution in [3.63, 3.8) is 0 Å². The Hall–Kier alpha value is -3.13. The molecular weight excluding hydrogens is 459 g/mol. The molecule has 1 aliphatic heterocycles. The number of hydrogen-bond acceptors (Lipinski definition) is 10. The van der Waals surface area contributed by atoms with Gasteiger partial charge in [-0.15, -0.1) is 0 Å². The Kier molecular flexibility index (Phi) is 5.82. The molecule has 0 unspecified atom stereocenters. The predicted molar refractivity (Wildman–Crippen MR) is 114 cm³/mol. The van der Waals surface area contributed by atoms with Gasteiger partial charge >= 0.3 is 7.82 Å². The number of rotatable bonds is 7. The Morgan fingerprint density at radius 1 is 1.45 bits per heavy atom. The van der Waals surface area contributed by atoms with E-state index >= 15 is 0 Å². The van der Waals surface area contributed by atoms with Crippen molar-refractivity contribution < 1.29 is 33.5 Å². The van der Waals surface area contributed by atoms with Crippen molar-refractivity contribution >= 4 is 36.4 Å². The molecule has 0 bridgehead atoms. The van der Waals surface area contributed by atoms with Crippen LogP contribution in [0.15, 0.2) is 35.4 Å². The molecule has 3 aromatic rings. The Balaban J connectivity index is 1.76. The van der Waals surface area contributed by atoms with E-state index in [9.17, 15) is 19.3 Å². The van der Waals surface area contributed by atoms with Crippen molar-refractivity contribution in [1.82, 2.24) is 19.5 Å². The maximum absolute atomic E-state index is 13.4. The minimum atomic E-state index is -4.93. The number of aromatic nitrogens is 4. The third-order valence-electron chi connectivity index (χ3n) is 5.33. The number of nitrogens with one attached hydrogen (secondary N) is 2. The number of anilines is 2. The van der Waals surface area contributed by atoms with Crippen molar-refractivity contribution in [2.24, 2.45) is 0 Å². The number of hydrogen-bond donors (Lipinski definition) is 6. The number of aromatic amines is 1. The molecule has 3 atom stereocenters. The first-order chi connectivity index (χ1) is 15.5. The number of carbonyl (C=O) groups excluding carboxylic acids is 1. The summed E-state index contributed by atoms with van der Waals surface area (Å²) in [5, 5.41) is 14.3. The monoisotopic (exact) mass is 480 g/mol. The second-order valence-corrected chi connectivity index (χ2v) is 8.63. The van der Waals surface area contributed by atoms with Crippen LogP contribution in [0.3, 0.4) is 0 Å². The number of nitrogens with two attached hydrogens (primary N) is 1. The number of phosphoric acid groups is 1. The molecule has 15 heteroatoms. The van der Waals surface area contributed by atoms with E-state index in [1.54, 1.807) is 25.2 Å². The SMILES string of the molecule is CNc1ccccc1C(=O)[C@]1(O)C[C@H](n2cnc3c(=O)[nH]c(N)nc32)O[C@@H]1COP(=O)(O)O. The Morgan fingerprint density at radius 2 is 2.18 bits per heavy atom. The lowest BCUT2D eigenvalue weighted by atomic mass is 9.85. The first-order valence-electron chi connectivity index (χ1n) is 9.65. The van der Waals surface area contributed by atoms with Crippen molar-refractivity contribution in [2.75, 3.05) is 24.7 Å². The maximum Gasteiger partial charge on any atom is 0.469 e. The fourth-order valence-corrected chi connectivity index (χ4v) is 4.11. The first kappa shape index (κ1) is 23.0. The minimum absolute atomic E-state index is 0.0434. The minimum Gasteiger partial charge on any atom is -0.388 e. The fraction of sp³-hybridized carbons (Fsp3) is 0.333. The van der Waals surface area contributed by atoms with Gasteiger partial charge in [0, 0.05) is 24.7 Å². The van der Waals surface area contributed by atoms with E-state index in [0.29, 0.717) is 5.69 Å². The van der Waals surface area contributed by atoms with Gasteiger partial charge in [-0.25, -0.2) is 9.55 Å². The third-order valence-corrected chi connectivity index (χ3v) is 5.81. The number of imidazole rings is 1. The predicted octanol–water partition coefficient (Wildman–Crippen LogP) is -0.246. The van der Waals surface area contributed by atoms with E-state index < -0.39 is 43.7 Å². The van der Waals surface area contributed by atoms with E-state index in [-0.39, 0.29) is 29.1 Å². The molecule has 4 rings (SSSR count). The van der Waals surface area contributed by atoms with Crippen LogP contribution < -0.4 is 16.6 Å². The lowest BCUT2D eigenvalue weighted by molar-refractivity contribution is -0.0662. The first-order valence-corrected chi connectivity index (χ1v) is 11.2. The summed E-state index contributed by atoms with van der Waals surface area (Å²) in [5.74, 6) is -0.924. The van der Waals surface area contributed by atoms with Crippen molar-refractivity contribution in [1.29, 1.82) is 0 Å².